The van der Waals surface area contributed by atoms with E-state index in [1.165, 1.54) is 6.07 Å². The fourth-order valence-electron chi connectivity index (χ4n) is 2.94. The maximum Gasteiger partial charge on any atom is 0.237 e. The van der Waals surface area contributed by atoms with Crippen molar-refractivity contribution >= 4 is 11.8 Å². The van der Waals surface area contributed by atoms with E-state index in [0.29, 0.717) is 30.3 Å². The first-order chi connectivity index (χ1) is 12.9. The Morgan fingerprint density at radius 2 is 2.19 bits per heavy atom. The van der Waals surface area contributed by atoms with Crippen LogP contribution in [0.15, 0.2) is 18.2 Å². The molecule has 0 aliphatic carbocycles. The predicted octanol–water partition coefficient (Wildman–Crippen LogP) is 0.398. The molecule has 1 aromatic carbocycles. The molecule has 2 amide bonds. The quantitative estimate of drug-likeness (QED) is 0.675. The summed E-state index contributed by atoms with van der Waals surface area (Å²) < 4.78 is 26.5. The van der Waals surface area contributed by atoms with Crippen LogP contribution in [-0.4, -0.2) is 51.0 Å². The summed E-state index contributed by atoms with van der Waals surface area (Å²) in [4.78, 5) is 30.3. The lowest BCUT2D eigenvalue weighted by molar-refractivity contribution is -0.134. The first-order valence-corrected chi connectivity index (χ1v) is 8.52. The Kier molecular flexibility index (Phi) is 5.75. The van der Waals surface area contributed by atoms with Crippen molar-refractivity contribution in [2.75, 3.05) is 13.1 Å². The number of rotatable bonds is 6. The van der Waals surface area contributed by atoms with Gasteiger partial charge in [-0.25, -0.2) is 13.8 Å². The van der Waals surface area contributed by atoms with E-state index in [1.54, 1.807) is 11.8 Å². The number of carbonyl (C=O) groups excluding carboxylic acids is 2. The molecule has 3 N–H and O–H groups in total. The van der Waals surface area contributed by atoms with Crippen LogP contribution in [0, 0.1) is 18.6 Å². The first kappa shape index (κ1) is 18.9. The summed E-state index contributed by atoms with van der Waals surface area (Å²) in [5, 5.41) is 12.0. The summed E-state index contributed by atoms with van der Waals surface area (Å²) in [5.74, 6) is -1.36. The molecular formula is C17H20F2N6O2. The lowest BCUT2D eigenvalue weighted by Crippen LogP contribution is -2.56. The number of aryl methyl sites for hydroxylation is 1. The molecule has 1 aromatic heterocycles. The summed E-state index contributed by atoms with van der Waals surface area (Å²) in [6.07, 6.45) is -0.0566. The molecule has 0 spiro atoms. The summed E-state index contributed by atoms with van der Waals surface area (Å²) >= 11 is 0. The van der Waals surface area contributed by atoms with Gasteiger partial charge in [0.25, 0.3) is 0 Å². The Bertz CT molecular complexity index is 841. The summed E-state index contributed by atoms with van der Waals surface area (Å²) in [6, 6.07) is 2.92. The monoisotopic (exact) mass is 378 g/mol. The lowest BCUT2D eigenvalue weighted by atomic mass is 10.1. The van der Waals surface area contributed by atoms with E-state index in [0.717, 1.165) is 12.1 Å². The molecule has 1 fully saturated rings. The molecule has 10 heteroatoms. The van der Waals surface area contributed by atoms with Crippen LogP contribution in [0.1, 0.15) is 23.6 Å². The number of carbonyl (C=O) groups is 2. The Morgan fingerprint density at radius 1 is 1.37 bits per heavy atom. The molecule has 27 heavy (non-hydrogen) atoms. The maximum absolute atomic E-state index is 13.4. The van der Waals surface area contributed by atoms with Crippen LogP contribution < -0.4 is 10.6 Å². The highest BCUT2D eigenvalue weighted by atomic mass is 19.2. The molecule has 1 aliphatic heterocycles. The SMILES string of the molecule is Cc1nc(CNC(=O)CC2C(=O)NCCN2Cc2ccc(F)c(F)c2)n[nH]1. The van der Waals surface area contributed by atoms with Crippen molar-refractivity contribution in [2.45, 2.75) is 32.5 Å². The molecule has 1 atom stereocenters. The third kappa shape index (κ3) is 4.85. The van der Waals surface area contributed by atoms with Gasteiger partial charge in [-0.15, -0.1) is 0 Å². The molecule has 0 radical (unpaired) electrons. The van der Waals surface area contributed by atoms with Gasteiger partial charge in [-0.1, -0.05) is 6.07 Å². The van der Waals surface area contributed by atoms with Crippen LogP contribution in [0.2, 0.25) is 0 Å². The molecule has 2 heterocycles. The van der Waals surface area contributed by atoms with E-state index in [2.05, 4.69) is 25.8 Å². The van der Waals surface area contributed by atoms with E-state index in [1.807, 2.05) is 0 Å². The van der Waals surface area contributed by atoms with Gasteiger partial charge in [0.2, 0.25) is 11.8 Å². The molecular weight excluding hydrogens is 358 g/mol. The van der Waals surface area contributed by atoms with Gasteiger partial charge in [0.05, 0.1) is 19.0 Å². The highest BCUT2D eigenvalue weighted by molar-refractivity contribution is 5.88. The Balaban J connectivity index is 1.62. The number of aromatic amines is 1. The van der Waals surface area contributed by atoms with Gasteiger partial charge in [-0.05, 0) is 24.6 Å². The minimum atomic E-state index is -0.940. The number of nitrogens with one attached hydrogen (secondary N) is 3. The highest BCUT2D eigenvalue weighted by Gasteiger charge is 2.31. The number of hydrogen-bond acceptors (Lipinski definition) is 5. The smallest absolute Gasteiger partial charge is 0.237 e. The molecule has 1 unspecified atom stereocenters. The third-order valence-corrected chi connectivity index (χ3v) is 4.28. The molecule has 2 aromatic rings. The van der Waals surface area contributed by atoms with Gasteiger partial charge in [0.15, 0.2) is 17.5 Å². The standard InChI is InChI=1S/C17H20F2N6O2/c1-10-22-15(24-23-10)8-21-16(26)7-14-17(27)20-4-5-25(14)9-11-2-3-12(18)13(19)6-11/h2-3,6,14H,4-5,7-9H2,1H3,(H,20,27)(H,21,26)(H,22,23,24). The minimum Gasteiger partial charge on any atom is -0.353 e. The van der Waals surface area contributed by atoms with Gasteiger partial charge < -0.3 is 10.6 Å². The van der Waals surface area contributed by atoms with Gasteiger partial charge in [0, 0.05) is 19.6 Å². The Hall–Kier alpha value is -2.88. The summed E-state index contributed by atoms with van der Waals surface area (Å²) in [6.45, 7) is 3.07. The van der Waals surface area contributed by atoms with Crippen LogP contribution in [0.5, 0.6) is 0 Å². The maximum atomic E-state index is 13.4. The zero-order valence-electron chi connectivity index (χ0n) is 14.8. The Labute approximate surface area is 154 Å². The van der Waals surface area contributed by atoms with Gasteiger partial charge in [0.1, 0.15) is 5.82 Å². The van der Waals surface area contributed by atoms with E-state index in [9.17, 15) is 18.4 Å². The van der Waals surface area contributed by atoms with Crippen LogP contribution in [0.25, 0.3) is 0 Å². The summed E-state index contributed by atoms with van der Waals surface area (Å²) in [5.41, 5.74) is 0.533. The Morgan fingerprint density at radius 3 is 2.89 bits per heavy atom. The van der Waals surface area contributed by atoms with Crippen molar-refractivity contribution in [3.63, 3.8) is 0 Å². The van der Waals surface area contributed by atoms with Crippen molar-refractivity contribution in [1.29, 1.82) is 0 Å². The highest BCUT2D eigenvalue weighted by Crippen LogP contribution is 2.16. The number of benzene rings is 1. The second kappa shape index (κ2) is 8.21. The number of piperazine rings is 1. The summed E-state index contributed by atoms with van der Waals surface area (Å²) in [7, 11) is 0. The van der Waals surface area contributed by atoms with Crippen LogP contribution in [-0.2, 0) is 22.7 Å². The van der Waals surface area contributed by atoms with Crippen LogP contribution in [0.4, 0.5) is 8.78 Å². The second-order valence-electron chi connectivity index (χ2n) is 6.34. The molecule has 144 valence electrons. The van der Waals surface area contributed by atoms with E-state index in [4.69, 9.17) is 0 Å². The number of aromatic nitrogens is 3. The van der Waals surface area contributed by atoms with Gasteiger partial charge in [-0.2, -0.15) is 5.10 Å². The van der Waals surface area contributed by atoms with Crippen LogP contribution >= 0.6 is 0 Å². The molecule has 3 rings (SSSR count). The van der Waals surface area contributed by atoms with E-state index in [-0.39, 0.29) is 31.3 Å². The van der Waals surface area contributed by atoms with Crippen LogP contribution in [0.3, 0.4) is 0 Å². The number of nitrogens with zero attached hydrogens (tertiary/aromatic N) is 3. The number of hydrogen-bond donors (Lipinski definition) is 3. The number of halogens is 2. The molecule has 8 nitrogen and oxygen atoms in total. The zero-order chi connectivity index (χ0) is 19.4. The third-order valence-electron chi connectivity index (χ3n) is 4.28. The van der Waals surface area contributed by atoms with E-state index < -0.39 is 17.7 Å². The number of H-pyrrole nitrogens is 1. The molecule has 0 saturated carbocycles. The predicted molar refractivity (Wildman–Crippen MR) is 91.1 cm³/mol. The lowest BCUT2D eigenvalue weighted by Gasteiger charge is -2.34. The van der Waals surface area contributed by atoms with Crippen molar-refractivity contribution in [2.24, 2.45) is 0 Å². The second-order valence-corrected chi connectivity index (χ2v) is 6.34. The average Bonchev–Trinajstić information content (AvgIpc) is 3.05. The fraction of sp³-hybridized carbons (Fsp3) is 0.412. The van der Waals surface area contributed by atoms with Gasteiger partial charge in [-0.3, -0.25) is 19.6 Å². The largest absolute Gasteiger partial charge is 0.353 e. The zero-order valence-corrected chi connectivity index (χ0v) is 14.8. The van der Waals surface area contributed by atoms with Crippen molar-refractivity contribution in [3.8, 4) is 0 Å². The first-order valence-electron chi connectivity index (χ1n) is 8.52. The topological polar surface area (TPSA) is 103 Å². The van der Waals surface area contributed by atoms with Crippen molar-refractivity contribution < 1.29 is 18.4 Å². The average molecular weight is 378 g/mol. The van der Waals surface area contributed by atoms with Gasteiger partial charge >= 0.3 is 0 Å². The molecule has 1 saturated heterocycles. The molecule has 0 bridgehead atoms. The normalized spacial score (nSPS) is 17.6. The van der Waals surface area contributed by atoms with Crippen molar-refractivity contribution in [3.05, 3.63) is 47.0 Å². The van der Waals surface area contributed by atoms with Crippen molar-refractivity contribution in [1.82, 2.24) is 30.7 Å². The number of amides is 2. The molecule has 1 aliphatic rings. The minimum absolute atomic E-state index is 0.0566. The fourth-order valence-corrected chi connectivity index (χ4v) is 2.94. The van der Waals surface area contributed by atoms with E-state index >= 15 is 0 Å².